The van der Waals surface area contributed by atoms with Crippen molar-refractivity contribution in [1.82, 2.24) is 14.5 Å². The van der Waals surface area contributed by atoms with Gasteiger partial charge in [0.2, 0.25) is 0 Å². The Hall–Kier alpha value is -3.38. The van der Waals surface area contributed by atoms with E-state index in [-0.39, 0.29) is 24.6 Å². The highest BCUT2D eigenvalue weighted by Gasteiger charge is 2.36. The fourth-order valence-corrected chi connectivity index (χ4v) is 4.28. The lowest BCUT2D eigenvalue weighted by molar-refractivity contribution is -0.112. The number of hydrogen-bond acceptors (Lipinski definition) is 8. The third kappa shape index (κ3) is 4.71. The van der Waals surface area contributed by atoms with Gasteiger partial charge in [-0.15, -0.1) is 0 Å². The molecule has 0 fully saturated rings. The molecule has 0 saturated heterocycles. The minimum Gasteiger partial charge on any atom is -0.392 e. The minimum atomic E-state index is -3.59. The molecule has 0 aliphatic carbocycles. The van der Waals surface area contributed by atoms with Crippen LogP contribution >= 0.6 is 0 Å². The fourth-order valence-electron chi connectivity index (χ4n) is 3.64. The van der Waals surface area contributed by atoms with Gasteiger partial charge in [0, 0.05) is 12.7 Å². The van der Waals surface area contributed by atoms with Crippen molar-refractivity contribution in [2.45, 2.75) is 19.5 Å². The zero-order valence-electron chi connectivity index (χ0n) is 17.8. The van der Waals surface area contributed by atoms with Crippen LogP contribution < -0.4 is 4.90 Å². The van der Waals surface area contributed by atoms with Crippen LogP contribution in [0, 0.1) is 0 Å². The molecule has 1 aliphatic rings. The van der Waals surface area contributed by atoms with Gasteiger partial charge in [-0.1, -0.05) is 17.3 Å². The van der Waals surface area contributed by atoms with E-state index in [4.69, 9.17) is 4.84 Å². The summed E-state index contributed by atoms with van der Waals surface area (Å²) in [6.45, 7) is -0.545. The second-order valence-corrected chi connectivity index (χ2v) is 9.04. The van der Waals surface area contributed by atoms with E-state index >= 15 is 0 Å². The Bertz CT molecular complexity index is 1310. The van der Waals surface area contributed by atoms with Gasteiger partial charge in [-0.3, -0.25) is 13.9 Å². The van der Waals surface area contributed by atoms with Crippen molar-refractivity contribution in [2.24, 2.45) is 5.16 Å². The van der Waals surface area contributed by atoms with E-state index in [0.29, 0.717) is 30.2 Å². The molecule has 0 atom stereocenters. The molecule has 0 unspecified atom stereocenters. The third-order valence-corrected chi connectivity index (χ3v) is 6.43. The topological polar surface area (TPSA) is 116 Å². The number of fused-ring (bicyclic) bond motifs is 2. The van der Waals surface area contributed by atoms with Crippen LogP contribution in [0.3, 0.4) is 0 Å². The first kappa shape index (κ1) is 22.8. The Balaban J connectivity index is 1.66. The Morgan fingerprint density at radius 2 is 2.00 bits per heavy atom. The summed E-state index contributed by atoms with van der Waals surface area (Å²) in [6.07, 6.45) is 1.86. The van der Waals surface area contributed by atoms with E-state index in [1.54, 1.807) is 18.3 Å². The number of halogens is 1. The number of pyridine rings is 1. The summed E-state index contributed by atoms with van der Waals surface area (Å²) in [5.41, 5.74) is 2.06. The maximum absolute atomic E-state index is 13.1. The third-order valence-electron chi connectivity index (χ3n) is 5.13. The molecule has 33 heavy (non-hydrogen) atoms. The van der Waals surface area contributed by atoms with Gasteiger partial charge in [0.15, 0.2) is 5.71 Å². The van der Waals surface area contributed by atoms with E-state index in [9.17, 15) is 17.6 Å². The number of carbonyl (C=O) groups excluding carboxylic acids is 1. The molecule has 2 aromatic heterocycles. The van der Waals surface area contributed by atoms with Crippen LogP contribution in [0.15, 0.2) is 47.8 Å². The number of carbonyl (C=O) groups is 1. The maximum atomic E-state index is 13.1. The Kier molecular flexibility index (Phi) is 6.65. The van der Waals surface area contributed by atoms with Crippen molar-refractivity contribution in [1.29, 1.82) is 0 Å². The molecule has 0 radical (unpaired) electrons. The molecule has 3 aromatic rings. The van der Waals surface area contributed by atoms with E-state index in [2.05, 4.69) is 19.3 Å². The number of nitrogens with zero attached hydrogens (tertiary/aromatic N) is 5. The zero-order chi connectivity index (χ0) is 23.4. The van der Waals surface area contributed by atoms with E-state index in [0.717, 1.165) is 18.1 Å². The largest absolute Gasteiger partial charge is 0.392 e. The van der Waals surface area contributed by atoms with Gasteiger partial charge in [0.05, 0.1) is 36.0 Å². The van der Waals surface area contributed by atoms with Crippen molar-refractivity contribution in [3.05, 3.63) is 54.0 Å². The number of aromatic nitrogens is 3. The van der Waals surface area contributed by atoms with Crippen molar-refractivity contribution >= 4 is 38.6 Å². The van der Waals surface area contributed by atoms with Crippen LogP contribution in [-0.4, -0.2) is 60.7 Å². The Morgan fingerprint density at radius 3 is 2.79 bits per heavy atom. The van der Waals surface area contributed by atoms with Gasteiger partial charge in [-0.05, 0) is 30.7 Å². The van der Waals surface area contributed by atoms with Crippen LogP contribution in [0.5, 0.6) is 0 Å². The minimum absolute atomic E-state index is 0.0420. The lowest BCUT2D eigenvalue weighted by Crippen LogP contribution is -2.31. The number of imidazole rings is 1. The lowest BCUT2D eigenvalue weighted by atomic mass is 10.2. The van der Waals surface area contributed by atoms with E-state index < -0.39 is 22.7 Å². The molecule has 0 spiro atoms. The Labute approximate surface area is 189 Å². The summed E-state index contributed by atoms with van der Waals surface area (Å²) >= 11 is 0. The van der Waals surface area contributed by atoms with Crippen LogP contribution in [0.25, 0.3) is 11.0 Å². The predicted octanol–water partition coefficient (Wildman–Crippen LogP) is 2.03. The van der Waals surface area contributed by atoms with Gasteiger partial charge < -0.3 is 9.40 Å². The molecule has 1 aliphatic heterocycles. The summed E-state index contributed by atoms with van der Waals surface area (Å²) in [5.74, 6) is 0.362. The first-order chi connectivity index (χ1) is 15.9. The van der Waals surface area contributed by atoms with Crippen LogP contribution in [0.4, 0.5) is 10.2 Å². The Morgan fingerprint density at radius 1 is 1.18 bits per heavy atom. The number of benzene rings is 1. The number of anilines is 1. The number of hydrogen-bond donors (Lipinski definition) is 0. The van der Waals surface area contributed by atoms with Gasteiger partial charge >= 0.3 is 0 Å². The number of amides is 1. The van der Waals surface area contributed by atoms with E-state index in [1.165, 1.54) is 4.90 Å². The highest BCUT2D eigenvalue weighted by Crippen LogP contribution is 2.29. The first-order valence-corrected chi connectivity index (χ1v) is 11.8. The average Bonchev–Trinajstić information content (AvgIpc) is 3.29. The fraction of sp³-hybridized carbons (Fsp3) is 0.333. The monoisotopic (exact) mass is 475 g/mol. The smallest absolute Gasteiger partial charge is 0.282 e. The average molecular weight is 476 g/mol. The van der Waals surface area contributed by atoms with Gasteiger partial charge in [-0.25, -0.2) is 14.4 Å². The molecule has 0 N–H and O–H groups in total. The summed E-state index contributed by atoms with van der Waals surface area (Å²) in [6, 6.07) is 10.8. The standard InChI is InChI=1S/C21H22FN5O5S/c1-31-33(29,30)13-5-11-26-17-8-3-2-7-16(17)24-18(26)14-27-20-15(6-4-10-23-20)19(21(27)28)25-32-12-9-22/h2-4,6-8,10H,5,9,11-14H2,1H3. The van der Waals surface area contributed by atoms with E-state index in [1.807, 2.05) is 28.8 Å². The SMILES string of the molecule is COS(=O)(=O)CCCn1c(CN2C(=O)C(=NOCCF)c3cccnc32)nc2ccccc21. The van der Waals surface area contributed by atoms with Crippen molar-refractivity contribution in [2.75, 3.05) is 31.0 Å². The number of aryl methyl sites for hydroxylation is 1. The summed E-state index contributed by atoms with van der Waals surface area (Å²) in [4.78, 5) is 28.4. The number of oxime groups is 1. The molecular weight excluding hydrogens is 453 g/mol. The van der Waals surface area contributed by atoms with Crippen molar-refractivity contribution < 1.29 is 26.6 Å². The van der Waals surface area contributed by atoms with Gasteiger partial charge in [-0.2, -0.15) is 8.42 Å². The summed E-state index contributed by atoms with van der Waals surface area (Å²) in [5, 5.41) is 3.82. The zero-order valence-corrected chi connectivity index (χ0v) is 18.7. The quantitative estimate of drug-likeness (QED) is 0.250. The number of rotatable bonds is 10. The molecule has 174 valence electrons. The molecule has 3 heterocycles. The normalized spacial score (nSPS) is 14.9. The van der Waals surface area contributed by atoms with Crippen LogP contribution in [0.1, 0.15) is 17.8 Å². The highest BCUT2D eigenvalue weighted by molar-refractivity contribution is 7.86. The number of para-hydroxylation sites is 2. The summed E-state index contributed by atoms with van der Waals surface area (Å²) in [7, 11) is -2.46. The predicted molar refractivity (Wildman–Crippen MR) is 119 cm³/mol. The lowest BCUT2D eigenvalue weighted by Gasteiger charge is -2.17. The second kappa shape index (κ2) is 9.63. The highest BCUT2D eigenvalue weighted by atomic mass is 32.2. The molecule has 1 amide bonds. The molecule has 10 nitrogen and oxygen atoms in total. The number of alkyl halides is 1. The van der Waals surface area contributed by atoms with Crippen molar-refractivity contribution in [3.8, 4) is 0 Å². The first-order valence-electron chi connectivity index (χ1n) is 10.2. The molecule has 0 bridgehead atoms. The second-order valence-electron chi connectivity index (χ2n) is 7.18. The maximum Gasteiger partial charge on any atom is 0.282 e. The molecule has 12 heteroatoms. The van der Waals surface area contributed by atoms with Crippen LogP contribution in [0.2, 0.25) is 0 Å². The summed E-state index contributed by atoms with van der Waals surface area (Å²) < 4.78 is 42.3. The molecule has 4 rings (SSSR count). The van der Waals surface area contributed by atoms with Crippen molar-refractivity contribution in [3.63, 3.8) is 0 Å². The van der Waals surface area contributed by atoms with Crippen LogP contribution in [-0.2, 0) is 37.0 Å². The van der Waals surface area contributed by atoms with Gasteiger partial charge in [0.1, 0.15) is 24.9 Å². The molecule has 0 saturated carbocycles. The molecular formula is C21H22FN5O5S. The van der Waals surface area contributed by atoms with Gasteiger partial charge in [0.25, 0.3) is 16.0 Å². The molecule has 1 aromatic carbocycles.